The van der Waals surface area contributed by atoms with Crippen LogP contribution in [0.3, 0.4) is 0 Å². The number of benzene rings is 2. The van der Waals surface area contributed by atoms with E-state index in [1.54, 1.807) is 6.07 Å². The van der Waals surface area contributed by atoms with Crippen molar-refractivity contribution >= 4 is 16.6 Å². The molecule has 1 heterocycles. The van der Waals surface area contributed by atoms with Gasteiger partial charge in [-0.25, -0.2) is 4.98 Å². The second-order valence-electron chi connectivity index (χ2n) is 6.58. The van der Waals surface area contributed by atoms with Gasteiger partial charge in [0, 0.05) is 17.6 Å². The van der Waals surface area contributed by atoms with Crippen molar-refractivity contribution in [3.63, 3.8) is 0 Å². The molecule has 25 heavy (non-hydrogen) atoms. The predicted molar refractivity (Wildman–Crippen MR) is 98.2 cm³/mol. The van der Waals surface area contributed by atoms with E-state index >= 15 is 0 Å². The summed E-state index contributed by atoms with van der Waals surface area (Å²) in [6.45, 7) is 0.406. The Bertz CT molecular complexity index is 976. The van der Waals surface area contributed by atoms with Gasteiger partial charge in [0.25, 0.3) is 0 Å². The fourth-order valence-corrected chi connectivity index (χ4v) is 3.70. The smallest absolute Gasteiger partial charge is 0.143 e. The predicted octanol–water partition coefficient (Wildman–Crippen LogP) is 3.74. The Hall–Kier alpha value is -2.90. The number of nitrogens with zero attached hydrogens (tertiary/aromatic N) is 2. The molecule has 0 saturated heterocycles. The van der Waals surface area contributed by atoms with Crippen molar-refractivity contribution in [3.05, 3.63) is 71.4 Å². The molecule has 2 N–H and O–H groups in total. The third-order valence-corrected chi connectivity index (χ3v) is 4.96. The maximum atomic E-state index is 11.2. The van der Waals surface area contributed by atoms with E-state index in [1.807, 2.05) is 42.5 Å². The molecule has 4 rings (SSSR count). The van der Waals surface area contributed by atoms with Crippen LogP contribution in [0.2, 0.25) is 0 Å². The Labute approximate surface area is 146 Å². The van der Waals surface area contributed by atoms with Gasteiger partial charge in [0.2, 0.25) is 0 Å². The number of aromatic nitrogens is 1. The molecular formula is C21H19N3O. The van der Waals surface area contributed by atoms with Gasteiger partial charge in [-0.15, -0.1) is 0 Å². The van der Waals surface area contributed by atoms with E-state index in [0.29, 0.717) is 12.2 Å². The van der Waals surface area contributed by atoms with E-state index in [0.717, 1.165) is 41.4 Å². The van der Waals surface area contributed by atoms with Crippen LogP contribution in [0.1, 0.15) is 29.7 Å². The quantitative estimate of drug-likeness (QED) is 0.768. The van der Waals surface area contributed by atoms with Crippen LogP contribution in [0, 0.1) is 11.3 Å². The lowest BCUT2D eigenvalue weighted by atomic mass is 9.79. The highest BCUT2D eigenvalue weighted by molar-refractivity contribution is 5.91. The molecule has 0 amide bonds. The number of aryl methyl sites for hydroxylation is 1. The molecule has 4 heteroatoms. The minimum Gasteiger partial charge on any atom is -0.383 e. The zero-order valence-electron chi connectivity index (χ0n) is 13.9. The van der Waals surface area contributed by atoms with E-state index in [4.69, 9.17) is 0 Å². The fraction of sp³-hybridized carbons (Fsp3) is 0.238. The van der Waals surface area contributed by atoms with Crippen LogP contribution in [-0.4, -0.2) is 16.6 Å². The SMILES string of the molecule is N#Cc1cc(NCC2(O)CCCc3ccccc32)c2ccccc2n1. The molecule has 0 saturated carbocycles. The highest BCUT2D eigenvalue weighted by atomic mass is 16.3. The third kappa shape index (κ3) is 2.84. The molecule has 124 valence electrons. The van der Waals surface area contributed by atoms with Crippen molar-refractivity contribution < 1.29 is 5.11 Å². The highest BCUT2D eigenvalue weighted by Gasteiger charge is 2.34. The highest BCUT2D eigenvalue weighted by Crippen LogP contribution is 2.36. The minimum atomic E-state index is -0.897. The van der Waals surface area contributed by atoms with Crippen LogP contribution >= 0.6 is 0 Å². The average molecular weight is 329 g/mol. The number of hydrogen-bond donors (Lipinski definition) is 2. The second kappa shape index (κ2) is 6.19. The number of anilines is 1. The number of hydrogen-bond acceptors (Lipinski definition) is 4. The average Bonchev–Trinajstić information content (AvgIpc) is 2.66. The summed E-state index contributed by atoms with van der Waals surface area (Å²) in [6, 6.07) is 19.7. The van der Waals surface area contributed by atoms with Crippen LogP contribution < -0.4 is 5.32 Å². The standard InChI is InChI=1S/C21H19N3O/c22-13-16-12-20(17-8-2-4-10-19(17)24-16)23-14-21(25)11-5-7-15-6-1-3-9-18(15)21/h1-4,6,8-10,12,25H,5,7,11,14H2,(H,23,24). The number of aliphatic hydroxyl groups is 1. The van der Waals surface area contributed by atoms with Gasteiger partial charge in [0.15, 0.2) is 0 Å². The van der Waals surface area contributed by atoms with Crippen LogP contribution in [0.25, 0.3) is 10.9 Å². The number of para-hydroxylation sites is 1. The number of nitriles is 1. The van der Waals surface area contributed by atoms with E-state index in [9.17, 15) is 10.4 Å². The summed E-state index contributed by atoms with van der Waals surface area (Å²) in [4.78, 5) is 4.34. The zero-order chi connectivity index (χ0) is 17.3. The summed E-state index contributed by atoms with van der Waals surface area (Å²) >= 11 is 0. The Morgan fingerprint density at radius 3 is 2.84 bits per heavy atom. The molecule has 0 fully saturated rings. The maximum absolute atomic E-state index is 11.2. The lowest BCUT2D eigenvalue weighted by molar-refractivity contribution is 0.0323. The Morgan fingerprint density at radius 2 is 1.96 bits per heavy atom. The van der Waals surface area contributed by atoms with E-state index in [-0.39, 0.29) is 0 Å². The molecular weight excluding hydrogens is 310 g/mol. The van der Waals surface area contributed by atoms with Crippen molar-refractivity contribution in [1.29, 1.82) is 5.26 Å². The Balaban J connectivity index is 1.68. The van der Waals surface area contributed by atoms with E-state index < -0.39 is 5.60 Å². The van der Waals surface area contributed by atoms with Crippen molar-refractivity contribution in [2.45, 2.75) is 24.9 Å². The number of pyridine rings is 1. The number of nitrogens with one attached hydrogen (secondary N) is 1. The third-order valence-electron chi connectivity index (χ3n) is 4.96. The fourth-order valence-electron chi connectivity index (χ4n) is 3.70. The second-order valence-corrected chi connectivity index (χ2v) is 6.58. The first-order valence-electron chi connectivity index (χ1n) is 8.54. The molecule has 2 aromatic carbocycles. The van der Waals surface area contributed by atoms with E-state index in [1.165, 1.54) is 5.56 Å². The molecule has 1 aromatic heterocycles. The summed E-state index contributed by atoms with van der Waals surface area (Å²) in [5.74, 6) is 0. The van der Waals surface area contributed by atoms with Crippen LogP contribution in [-0.2, 0) is 12.0 Å². The molecule has 0 spiro atoms. The number of fused-ring (bicyclic) bond motifs is 2. The first kappa shape index (κ1) is 15.6. The van der Waals surface area contributed by atoms with Gasteiger partial charge >= 0.3 is 0 Å². The van der Waals surface area contributed by atoms with Crippen molar-refractivity contribution in [1.82, 2.24) is 4.98 Å². The molecule has 3 aromatic rings. The first-order chi connectivity index (χ1) is 12.2. The first-order valence-corrected chi connectivity index (χ1v) is 8.54. The van der Waals surface area contributed by atoms with Crippen LogP contribution in [0.15, 0.2) is 54.6 Å². The van der Waals surface area contributed by atoms with Gasteiger partial charge in [0.05, 0.1) is 5.52 Å². The topological polar surface area (TPSA) is 68.9 Å². The maximum Gasteiger partial charge on any atom is 0.143 e. The largest absolute Gasteiger partial charge is 0.383 e. The van der Waals surface area contributed by atoms with Gasteiger partial charge < -0.3 is 10.4 Å². The summed E-state index contributed by atoms with van der Waals surface area (Å²) < 4.78 is 0. The molecule has 4 nitrogen and oxygen atoms in total. The normalized spacial score (nSPS) is 19.2. The minimum absolute atomic E-state index is 0.372. The summed E-state index contributed by atoms with van der Waals surface area (Å²) in [7, 11) is 0. The summed E-state index contributed by atoms with van der Waals surface area (Å²) in [5.41, 5.74) is 3.31. The Kier molecular flexibility index (Phi) is 3.87. The van der Waals surface area contributed by atoms with Crippen molar-refractivity contribution in [2.24, 2.45) is 0 Å². The molecule has 1 atom stereocenters. The molecule has 1 unspecified atom stereocenters. The molecule has 0 radical (unpaired) electrons. The zero-order valence-corrected chi connectivity index (χ0v) is 13.9. The summed E-state index contributed by atoms with van der Waals surface area (Å²) in [5, 5.41) is 24.8. The van der Waals surface area contributed by atoms with Gasteiger partial charge in [0.1, 0.15) is 17.4 Å². The van der Waals surface area contributed by atoms with Crippen molar-refractivity contribution in [3.8, 4) is 6.07 Å². The lowest BCUT2D eigenvalue weighted by Crippen LogP contribution is -2.37. The lowest BCUT2D eigenvalue weighted by Gasteiger charge is -2.35. The summed E-state index contributed by atoms with van der Waals surface area (Å²) in [6.07, 6.45) is 2.70. The van der Waals surface area contributed by atoms with E-state index in [2.05, 4.69) is 22.4 Å². The molecule has 1 aliphatic carbocycles. The number of rotatable bonds is 3. The van der Waals surface area contributed by atoms with Gasteiger partial charge in [-0.2, -0.15) is 5.26 Å². The Morgan fingerprint density at radius 1 is 1.16 bits per heavy atom. The van der Waals surface area contributed by atoms with Crippen molar-refractivity contribution in [2.75, 3.05) is 11.9 Å². The van der Waals surface area contributed by atoms with Crippen LogP contribution in [0.5, 0.6) is 0 Å². The molecule has 1 aliphatic rings. The molecule has 0 aliphatic heterocycles. The van der Waals surface area contributed by atoms with Gasteiger partial charge in [-0.3, -0.25) is 0 Å². The van der Waals surface area contributed by atoms with Gasteiger partial charge in [-0.05, 0) is 42.5 Å². The van der Waals surface area contributed by atoms with Crippen LogP contribution in [0.4, 0.5) is 5.69 Å². The molecule has 0 bridgehead atoms. The van der Waals surface area contributed by atoms with Gasteiger partial charge in [-0.1, -0.05) is 42.5 Å². The monoisotopic (exact) mass is 329 g/mol.